The van der Waals surface area contributed by atoms with Crippen LogP contribution in [0.4, 0.5) is 0 Å². The van der Waals surface area contributed by atoms with Crippen LogP contribution in [0.2, 0.25) is 5.02 Å². The van der Waals surface area contributed by atoms with E-state index in [4.69, 9.17) is 11.6 Å². The van der Waals surface area contributed by atoms with Crippen LogP contribution in [0.3, 0.4) is 0 Å². The fourth-order valence-corrected chi connectivity index (χ4v) is 4.60. The summed E-state index contributed by atoms with van der Waals surface area (Å²) in [5.41, 5.74) is 2.77. The summed E-state index contributed by atoms with van der Waals surface area (Å²) in [5.74, 6) is -0.749. The first kappa shape index (κ1) is 17.7. The molecular weight excluding hydrogens is 382 g/mol. The molecular formula is C20H16ClN3O2S. The van der Waals surface area contributed by atoms with E-state index in [9.17, 15) is 9.59 Å². The second-order valence-electron chi connectivity index (χ2n) is 6.23. The highest BCUT2D eigenvalue weighted by atomic mass is 35.5. The minimum absolute atomic E-state index is 0.228. The smallest absolute Gasteiger partial charge is 0.262 e. The number of carbonyl (C=O) groups is 2. The number of aromatic nitrogens is 1. The number of fused-ring (bicyclic) bond motifs is 1. The summed E-state index contributed by atoms with van der Waals surface area (Å²) < 4.78 is 0. The van der Waals surface area contributed by atoms with E-state index in [1.54, 1.807) is 31.6 Å². The summed E-state index contributed by atoms with van der Waals surface area (Å²) in [6, 6.07) is 12.5. The zero-order chi connectivity index (χ0) is 19.0. The molecule has 4 rings (SSSR count). The highest BCUT2D eigenvalue weighted by Crippen LogP contribution is 2.41. The van der Waals surface area contributed by atoms with E-state index in [1.165, 1.54) is 11.3 Å². The molecule has 3 aromatic rings. The average Bonchev–Trinajstić information content (AvgIpc) is 3.15. The Labute approximate surface area is 165 Å². The Morgan fingerprint density at radius 1 is 1.19 bits per heavy atom. The first-order chi connectivity index (χ1) is 13.1. The van der Waals surface area contributed by atoms with Gasteiger partial charge in [-0.25, -0.2) is 0 Å². The summed E-state index contributed by atoms with van der Waals surface area (Å²) in [5, 5.41) is 6.14. The Hall–Kier alpha value is -2.70. The van der Waals surface area contributed by atoms with Gasteiger partial charge < -0.3 is 10.6 Å². The van der Waals surface area contributed by atoms with Gasteiger partial charge in [0.25, 0.3) is 5.91 Å². The third-order valence-corrected chi connectivity index (χ3v) is 6.10. The lowest BCUT2D eigenvalue weighted by Crippen LogP contribution is -2.52. The number of rotatable bonds is 3. The van der Waals surface area contributed by atoms with Crippen molar-refractivity contribution in [1.82, 2.24) is 15.6 Å². The fraction of sp³-hybridized carbons (Fsp3) is 0.150. The van der Waals surface area contributed by atoms with Crippen LogP contribution >= 0.6 is 22.9 Å². The van der Waals surface area contributed by atoms with Gasteiger partial charge in [-0.3, -0.25) is 14.6 Å². The third-order valence-electron chi connectivity index (χ3n) is 4.64. The zero-order valence-corrected chi connectivity index (χ0v) is 16.0. The predicted molar refractivity (Wildman–Crippen MR) is 106 cm³/mol. The van der Waals surface area contributed by atoms with Crippen molar-refractivity contribution in [2.24, 2.45) is 0 Å². The maximum absolute atomic E-state index is 12.7. The number of hydrogen-bond acceptors (Lipinski definition) is 4. The van der Waals surface area contributed by atoms with Crippen molar-refractivity contribution >= 4 is 34.8 Å². The van der Waals surface area contributed by atoms with E-state index < -0.39 is 6.04 Å². The van der Waals surface area contributed by atoms with Crippen LogP contribution in [0.25, 0.3) is 10.4 Å². The molecule has 3 heterocycles. The molecule has 7 heteroatoms. The summed E-state index contributed by atoms with van der Waals surface area (Å²) in [7, 11) is 1.57. The third kappa shape index (κ3) is 3.22. The van der Waals surface area contributed by atoms with Crippen LogP contribution in [0.15, 0.2) is 54.9 Å². The quantitative estimate of drug-likeness (QED) is 0.711. The van der Waals surface area contributed by atoms with Crippen LogP contribution in [-0.2, 0) is 4.79 Å². The normalized spacial score (nSPS) is 18.5. The number of thiophene rings is 1. The molecule has 0 bridgehead atoms. The lowest BCUT2D eigenvalue weighted by atomic mass is 9.82. The van der Waals surface area contributed by atoms with E-state index in [0.717, 1.165) is 21.6 Å². The molecule has 2 aromatic heterocycles. The number of hydrogen-bond donors (Lipinski definition) is 2. The number of pyridine rings is 1. The first-order valence-corrected chi connectivity index (χ1v) is 9.60. The summed E-state index contributed by atoms with van der Waals surface area (Å²) in [6.45, 7) is 0. The van der Waals surface area contributed by atoms with Gasteiger partial charge in [-0.2, -0.15) is 0 Å². The van der Waals surface area contributed by atoms with Crippen LogP contribution in [0, 0.1) is 0 Å². The molecule has 5 nitrogen and oxygen atoms in total. The zero-order valence-electron chi connectivity index (χ0n) is 14.4. The molecule has 1 aliphatic heterocycles. The molecule has 2 N–H and O–H groups in total. The Morgan fingerprint density at radius 2 is 1.89 bits per heavy atom. The van der Waals surface area contributed by atoms with Crippen molar-refractivity contribution < 1.29 is 9.59 Å². The van der Waals surface area contributed by atoms with E-state index in [0.29, 0.717) is 9.90 Å². The molecule has 1 aromatic carbocycles. The van der Waals surface area contributed by atoms with E-state index in [-0.39, 0.29) is 17.7 Å². The topological polar surface area (TPSA) is 71.1 Å². The first-order valence-electron chi connectivity index (χ1n) is 8.40. The van der Waals surface area contributed by atoms with Gasteiger partial charge in [-0.15, -0.1) is 11.3 Å². The van der Waals surface area contributed by atoms with E-state index in [2.05, 4.69) is 15.6 Å². The maximum atomic E-state index is 12.7. The van der Waals surface area contributed by atoms with Crippen molar-refractivity contribution in [3.63, 3.8) is 0 Å². The van der Waals surface area contributed by atoms with Crippen LogP contribution in [0.5, 0.6) is 0 Å². The Balaban J connectivity index is 1.87. The maximum Gasteiger partial charge on any atom is 0.262 e. The van der Waals surface area contributed by atoms with Gasteiger partial charge in [0.1, 0.15) is 6.04 Å². The number of halogens is 1. The number of benzene rings is 1. The molecule has 0 saturated carbocycles. The number of likely N-dealkylation sites (N-methyl/N-ethyl adjacent to an activating group) is 1. The molecule has 0 saturated heterocycles. The predicted octanol–water partition coefficient (Wildman–Crippen LogP) is 3.45. The van der Waals surface area contributed by atoms with E-state index >= 15 is 0 Å². The fourth-order valence-electron chi connectivity index (χ4n) is 3.36. The number of nitrogens with one attached hydrogen (secondary N) is 2. The molecule has 136 valence electrons. The number of nitrogens with zero attached hydrogens (tertiary/aromatic N) is 1. The lowest BCUT2D eigenvalue weighted by Gasteiger charge is -2.31. The molecule has 1 aliphatic rings. The van der Waals surface area contributed by atoms with Crippen LogP contribution in [-0.4, -0.2) is 29.9 Å². The van der Waals surface area contributed by atoms with Gasteiger partial charge in [-0.1, -0.05) is 23.7 Å². The van der Waals surface area contributed by atoms with Crippen molar-refractivity contribution in [2.45, 2.75) is 12.0 Å². The molecule has 0 unspecified atom stereocenters. The summed E-state index contributed by atoms with van der Waals surface area (Å²) in [6.07, 6.45) is 3.44. The van der Waals surface area contributed by atoms with Crippen molar-refractivity contribution in [1.29, 1.82) is 0 Å². The van der Waals surface area contributed by atoms with Crippen LogP contribution < -0.4 is 10.6 Å². The molecule has 0 fully saturated rings. The van der Waals surface area contributed by atoms with Gasteiger partial charge >= 0.3 is 0 Å². The van der Waals surface area contributed by atoms with Gasteiger partial charge in [0.15, 0.2) is 0 Å². The second-order valence-corrected chi connectivity index (χ2v) is 7.71. The summed E-state index contributed by atoms with van der Waals surface area (Å²) in [4.78, 5) is 30.8. The number of carbonyl (C=O) groups excluding carboxylic acids is 2. The number of amides is 2. The second kappa shape index (κ2) is 7.13. The standard InChI is InChI=1S/C20H16ClN3O2S/c1-22-19(25)17-16(12-2-4-13(21)5-3-12)14-10-15(11-6-8-23-9-7-11)27-18(14)20(26)24-17/h2-10,16-17H,1H3,(H,22,25)(H,24,26)/t16-,17-/m1/s1. The molecule has 0 spiro atoms. The molecule has 27 heavy (non-hydrogen) atoms. The lowest BCUT2D eigenvalue weighted by molar-refractivity contribution is -0.122. The Morgan fingerprint density at radius 3 is 2.56 bits per heavy atom. The summed E-state index contributed by atoms with van der Waals surface area (Å²) >= 11 is 7.45. The Kier molecular flexibility index (Phi) is 4.68. The van der Waals surface area contributed by atoms with Gasteiger partial charge in [0.2, 0.25) is 5.91 Å². The van der Waals surface area contributed by atoms with Crippen molar-refractivity contribution in [3.05, 3.63) is 75.9 Å². The largest absolute Gasteiger partial charge is 0.357 e. The van der Waals surface area contributed by atoms with Gasteiger partial charge in [-0.05, 0) is 47.0 Å². The molecule has 2 amide bonds. The molecule has 0 aliphatic carbocycles. The van der Waals surface area contributed by atoms with Crippen molar-refractivity contribution in [3.8, 4) is 10.4 Å². The highest BCUT2D eigenvalue weighted by molar-refractivity contribution is 7.17. The Bertz CT molecular complexity index is 1000. The highest BCUT2D eigenvalue weighted by Gasteiger charge is 2.40. The average molecular weight is 398 g/mol. The van der Waals surface area contributed by atoms with E-state index in [1.807, 2.05) is 30.3 Å². The molecule has 0 radical (unpaired) electrons. The monoisotopic (exact) mass is 397 g/mol. The van der Waals surface area contributed by atoms with Gasteiger partial charge in [0, 0.05) is 35.3 Å². The minimum atomic E-state index is -0.684. The molecule has 2 atom stereocenters. The van der Waals surface area contributed by atoms with Crippen molar-refractivity contribution in [2.75, 3.05) is 7.05 Å². The van der Waals surface area contributed by atoms with Gasteiger partial charge in [0.05, 0.1) is 4.88 Å². The van der Waals surface area contributed by atoms with Crippen LogP contribution in [0.1, 0.15) is 26.7 Å². The minimum Gasteiger partial charge on any atom is -0.357 e. The SMILES string of the molecule is CNC(=O)[C@@H]1NC(=O)c2sc(-c3ccncc3)cc2[C@H]1c1ccc(Cl)cc1.